The molecule has 102 valence electrons. The van der Waals surface area contributed by atoms with E-state index in [1.807, 2.05) is 0 Å². The first kappa shape index (κ1) is 14.8. The van der Waals surface area contributed by atoms with Crippen molar-refractivity contribution in [3.8, 4) is 0 Å². The van der Waals surface area contributed by atoms with Crippen LogP contribution in [0.15, 0.2) is 0 Å². The maximum Gasteiger partial charge on any atom is 0.243 e. The minimum absolute atomic E-state index is 0.203. The lowest BCUT2D eigenvalue weighted by Gasteiger charge is -2.21. The molecule has 5 nitrogen and oxygen atoms in total. The van der Waals surface area contributed by atoms with Crippen LogP contribution < -0.4 is 5.32 Å². The van der Waals surface area contributed by atoms with E-state index in [1.165, 1.54) is 0 Å². The van der Waals surface area contributed by atoms with Crippen LogP contribution in [0.3, 0.4) is 0 Å². The average molecular weight is 252 g/mol. The van der Waals surface area contributed by atoms with E-state index in [0.29, 0.717) is 18.5 Å². The third-order valence-electron chi connectivity index (χ3n) is 2.97. The highest BCUT2D eigenvalue weighted by molar-refractivity contribution is 5.27. The molecule has 0 aliphatic rings. The Labute approximate surface area is 109 Å². The fourth-order valence-electron chi connectivity index (χ4n) is 1.75. The number of nitrogens with zero attached hydrogens (tertiary/aromatic N) is 3. The molecule has 0 aromatic carbocycles. The van der Waals surface area contributed by atoms with Crippen LogP contribution in [0.2, 0.25) is 0 Å². The lowest BCUT2D eigenvalue weighted by Crippen LogP contribution is -2.31. The molecule has 1 atom stereocenters. The lowest BCUT2D eigenvalue weighted by atomic mass is 10.1. The van der Waals surface area contributed by atoms with Gasteiger partial charge >= 0.3 is 0 Å². The van der Waals surface area contributed by atoms with Gasteiger partial charge in [-0.15, -0.1) is 5.10 Å². The summed E-state index contributed by atoms with van der Waals surface area (Å²) in [6.45, 7) is 9.08. The third kappa shape index (κ3) is 3.91. The van der Waals surface area contributed by atoms with Gasteiger partial charge in [-0.25, -0.2) is 4.98 Å². The van der Waals surface area contributed by atoms with E-state index in [-0.39, 0.29) is 6.04 Å². The van der Waals surface area contributed by atoms with Gasteiger partial charge in [0.2, 0.25) is 5.95 Å². The molecule has 1 heterocycles. The topological polar surface area (TPSA) is 59.9 Å². The van der Waals surface area contributed by atoms with Crippen LogP contribution in [0.1, 0.15) is 39.1 Å². The summed E-state index contributed by atoms with van der Waals surface area (Å²) >= 11 is 0. The number of rotatable bonds is 7. The predicted octanol–water partition coefficient (Wildman–Crippen LogP) is 2.08. The number of anilines is 1. The van der Waals surface area contributed by atoms with Crippen molar-refractivity contribution in [2.75, 3.05) is 19.0 Å². The summed E-state index contributed by atoms with van der Waals surface area (Å²) in [4.78, 5) is 4.53. The van der Waals surface area contributed by atoms with Crippen LogP contribution in [0.25, 0.3) is 0 Å². The summed E-state index contributed by atoms with van der Waals surface area (Å²) in [6.07, 6.45) is 1.75. The molecule has 1 aromatic heterocycles. The lowest BCUT2D eigenvalue weighted by molar-refractivity contribution is 0.171. The molecule has 0 aliphatic heterocycles. The van der Waals surface area contributed by atoms with Crippen LogP contribution in [0.5, 0.6) is 0 Å². The highest BCUT2D eigenvalue weighted by Gasteiger charge is 2.15. The van der Waals surface area contributed by atoms with Crippen molar-refractivity contribution in [3.05, 3.63) is 11.4 Å². The number of aryl methyl sites for hydroxylation is 2. The Morgan fingerprint density at radius 1 is 1.11 bits per heavy atom. The SMILES string of the molecule is CCc1nnc(NC(COC)C(C)C)nc1CC. The van der Waals surface area contributed by atoms with Crippen LogP contribution in [-0.4, -0.2) is 34.9 Å². The smallest absolute Gasteiger partial charge is 0.243 e. The molecule has 0 radical (unpaired) electrons. The van der Waals surface area contributed by atoms with Gasteiger partial charge in [-0.2, -0.15) is 5.10 Å². The number of ether oxygens (including phenoxy) is 1. The average Bonchev–Trinajstić information content (AvgIpc) is 2.37. The highest BCUT2D eigenvalue weighted by atomic mass is 16.5. The molecule has 0 fully saturated rings. The minimum Gasteiger partial charge on any atom is -0.383 e. The number of nitrogens with one attached hydrogen (secondary N) is 1. The van der Waals surface area contributed by atoms with E-state index < -0.39 is 0 Å². The van der Waals surface area contributed by atoms with Crippen molar-refractivity contribution in [2.45, 2.75) is 46.6 Å². The van der Waals surface area contributed by atoms with Crippen molar-refractivity contribution < 1.29 is 4.74 Å². The molecule has 0 saturated carbocycles. The van der Waals surface area contributed by atoms with Gasteiger partial charge in [-0.1, -0.05) is 27.7 Å². The number of aromatic nitrogens is 3. The summed E-state index contributed by atoms with van der Waals surface area (Å²) in [5.74, 6) is 1.05. The van der Waals surface area contributed by atoms with E-state index >= 15 is 0 Å². The Hall–Kier alpha value is -1.23. The van der Waals surface area contributed by atoms with Gasteiger partial charge in [0, 0.05) is 7.11 Å². The van der Waals surface area contributed by atoms with Crippen molar-refractivity contribution in [1.82, 2.24) is 15.2 Å². The van der Waals surface area contributed by atoms with Crippen LogP contribution in [0, 0.1) is 5.92 Å². The van der Waals surface area contributed by atoms with E-state index in [0.717, 1.165) is 24.2 Å². The Balaban J connectivity index is 2.83. The Morgan fingerprint density at radius 3 is 2.28 bits per heavy atom. The van der Waals surface area contributed by atoms with E-state index in [1.54, 1.807) is 7.11 Å². The Kier molecular flexibility index (Phi) is 5.98. The van der Waals surface area contributed by atoms with Gasteiger partial charge in [0.1, 0.15) is 0 Å². The zero-order chi connectivity index (χ0) is 13.5. The molecule has 1 rings (SSSR count). The quantitative estimate of drug-likeness (QED) is 0.805. The second-order valence-corrected chi connectivity index (χ2v) is 4.69. The zero-order valence-corrected chi connectivity index (χ0v) is 12.0. The normalized spacial score (nSPS) is 12.8. The summed E-state index contributed by atoms with van der Waals surface area (Å²) in [5.41, 5.74) is 2.01. The highest BCUT2D eigenvalue weighted by Crippen LogP contribution is 2.11. The molecular formula is C13H24N4O. The summed E-state index contributed by atoms with van der Waals surface area (Å²) in [7, 11) is 1.70. The van der Waals surface area contributed by atoms with Crippen molar-refractivity contribution in [2.24, 2.45) is 5.92 Å². The third-order valence-corrected chi connectivity index (χ3v) is 2.97. The van der Waals surface area contributed by atoms with Crippen LogP contribution >= 0.6 is 0 Å². The number of methoxy groups -OCH3 is 1. The summed E-state index contributed by atoms with van der Waals surface area (Å²) in [6, 6.07) is 0.203. The first-order valence-corrected chi connectivity index (χ1v) is 6.60. The van der Waals surface area contributed by atoms with Crippen molar-refractivity contribution in [1.29, 1.82) is 0 Å². The molecule has 1 N–H and O–H groups in total. The molecule has 0 spiro atoms. The van der Waals surface area contributed by atoms with Crippen LogP contribution in [0.4, 0.5) is 5.95 Å². The fraction of sp³-hybridized carbons (Fsp3) is 0.769. The van der Waals surface area contributed by atoms with Gasteiger partial charge in [0.25, 0.3) is 0 Å². The van der Waals surface area contributed by atoms with E-state index in [2.05, 4.69) is 48.2 Å². The van der Waals surface area contributed by atoms with Gasteiger partial charge in [0.05, 0.1) is 24.0 Å². The van der Waals surface area contributed by atoms with Gasteiger partial charge in [-0.3, -0.25) is 0 Å². The molecule has 1 unspecified atom stereocenters. The minimum atomic E-state index is 0.203. The molecule has 5 heteroatoms. The molecule has 18 heavy (non-hydrogen) atoms. The summed E-state index contributed by atoms with van der Waals surface area (Å²) < 4.78 is 5.20. The Morgan fingerprint density at radius 2 is 1.78 bits per heavy atom. The maximum absolute atomic E-state index is 5.20. The van der Waals surface area contributed by atoms with Gasteiger partial charge < -0.3 is 10.1 Å². The first-order chi connectivity index (χ1) is 8.62. The molecule has 0 amide bonds. The fourth-order valence-corrected chi connectivity index (χ4v) is 1.75. The second kappa shape index (κ2) is 7.26. The van der Waals surface area contributed by atoms with Gasteiger partial charge in [0.15, 0.2) is 0 Å². The second-order valence-electron chi connectivity index (χ2n) is 4.69. The Bertz CT molecular complexity index is 368. The maximum atomic E-state index is 5.20. The standard InChI is InChI=1S/C13H24N4O/c1-6-10-11(7-2)16-17-13(14-10)15-12(8-18-5)9(3)4/h9,12H,6-8H2,1-5H3,(H,14,15,17). The van der Waals surface area contributed by atoms with Crippen molar-refractivity contribution >= 4 is 5.95 Å². The zero-order valence-electron chi connectivity index (χ0n) is 12.0. The van der Waals surface area contributed by atoms with Crippen molar-refractivity contribution in [3.63, 3.8) is 0 Å². The first-order valence-electron chi connectivity index (χ1n) is 6.60. The predicted molar refractivity (Wildman–Crippen MR) is 72.7 cm³/mol. The number of hydrogen-bond donors (Lipinski definition) is 1. The molecule has 0 bridgehead atoms. The van der Waals surface area contributed by atoms with Crippen LogP contribution in [-0.2, 0) is 17.6 Å². The van der Waals surface area contributed by atoms with E-state index in [9.17, 15) is 0 Å². The number of hydrogen-bond acceptors (Lipinski definition) is 5. The monoisotopic (exact) mass is 252 g/mol. The molecule has 0 aliphatic carbocycles. The molecular weight excluding hydrogens is 228 g/mol. The molecule has 1 aromatic rings. The largest absolute Gasteiger partial charge is 0.383 e. The van der Waals surface area contributed by atoms with Gasteiger partial charge in [-0.05, 0) is 18.8 Å². The summed E-state index contributed by atoms with van der Waals surface area (Å²) in [5, 5.41) is 11.7. The molecule has 0 saturated heterocycles. The van der Waals surface area contributed by atoms with E-state index in [4.69, 9.17) is 4.74 Å².